The Morgan fingerprint density at radius 3 is 2.76 bits per heavy atom. The van der Waals surface area contributed by atoms with Crippen LogP contribution in [0.15, 0.2) is 30.5 Å². The number of benzene rings is 1. The molecule has 2 heterocycles. The van der Waals surface area contributed by atoms with E-state index in [1.54, 1.807) is 0 Å². The van der Waals surface area contributed by atoms with Crippen LogP contribution in [0.3, 0.4) is 0 Å². The number of aromatic nitrogens is 1. The second-order valence-corrected chi connectivity index (χ2v) is 5.85. The monoisotopic (exact) mass is 284 g/mol. The number of nitrogen functional groups attached to an aromatic ring is 1. The first-order chi connectivity index (χ1) is 10.2. The highest BCUT2D eigenvalue weighted by Gasteiger charge is 2.23. The van der Waals surface area contributed by atoms with Crippen LogP contribution in [0.5, 0.6) is 0 Å². The molecule has 1 fully saturated rings. The quantitative estimate of drug-likeness (QED) is 0.880. The molecule has 0 saturated carbocycles. The lowest BCUT2D eigenvalue weighted by Crippen LogP contribution is -2.43. The molecule has 1 saturated heterocycles. The summed E-state index contributed by atoms with van der Waals surface area (Å²) in [7, 11) is 2.20. The van der Waals surface area contributed by atoms with Gasteiger partial charge in [0, 0.05) is 43.4 Å². The zero-order chi connectivity index (χ0) is 14.8. The lowest BCUT2D eigenvalue weighted by Gasteiger charge is -2.37. The number of rotatable bonds is 3. The molecule has 0 atom stereocenters. The van der Waals surface area contributed by atoms with Gasteiger partial charge in [0.1, 0.15) is 0 Å². The minimum atomic E-state index is 0.597. The highest BCUT2D eigenvalue weighted by Crippen LogP contribution is 2.31. The number of hydrogen-bond acceptors (Lipinski definition) is 4. The van der Waals surface area contributed by atoms with Crippen molar-refractivity contribution in [1.82, 2.24) is 9.88 Å². The zero-order valence-corrected chi connectivity index (χ0v) is 12.9. The molecule has 0 bridgehead atoms. The minimum Gasteiger partial charge on any atom is -0.397 e. The van der Waals surface area contributed by atoms with Crippen LogP contribution in [0.2, 0.25) is 0 Å². The molecular formula is C17H24N4. The van der Waals surface area contributed by atoms with Gasteiger partial charge in [0.15, 0.2) is 0 Å². The minimum absolute atomic E-state index is 0.597. The van der Waals surface area contributed by atoms with Crippen LogP contribution in [0.1, 0.15) is 19.8 Å². The Kier molecular flexibility index (Phi) is 3.97. The molecule has 1 aromatic carbocycles. The molecule has 4 heteroatoms. The SMILES string of the molecule is CCN1CCC(N(C)c2ccc(N)c3ncccc23)CC1. The van der Waals surface area contributed by atoms with Gasteiger partial charge in [-0.15, -0.1) is 0 Å². The van der Waals surface area contributed by atoms with Crippen molar-refractivity contribution in [3.05, 3.63) is 30.5 Å². The van der Waals surface area contributed by atoms with Crippen molar-refractivity contribution in [3.8, 4) is 0 Å². The Morgan fingerprint density at radius 1 is 1.29 bits per heavy atom. The van der Waals surface area contributed by atoms with E-state index in [9.17, 15) is 0 Å². The lowest BCUT2D eigenvalue weighted by atomic mass is 10.0. The third-order valence-electron chi connectivity index (χ3n) is 4.71. The second kappa shape index (κ2) is 5.90. The fraction of sp³-hybridized carbons (Fsp3) is 0.471. The summed E-state index contributed by atoms with van der Waals surface area (Å²) in [5.41, 5.74) is 8.95. The zero-order valence-electron chi connectivity index (χ0n) is 12.9. The number of fused-ring (bicyclic) bond motifs is 1. The van der Waals surface area contributed by atoms with E-state index >= 15 is 0 Å². The summed E-state index contributed by atoms with van der Waals surface area (Å²) in [5.74, 6) is 0. The van der Waals surface area contributed by atoms with Crippen LogP contribution in [0.4, 0.5) is 11.4 Å². The van der Waals surface area contributed by atoms with Gasteiger partial charge in [-0.05, 0) is 43.7 Å². The average Bonchev–Trinajstić information content (AvgIpc) is 2.55. The Balaban J connectivity index is 1.88. The molecule has 3 rings (SSSR count). The van der Waals surface area contributed by atoms with Gasteiger partial charge < -0.3 is 15.5 Å². The van der Waals surface area contributed by atoms with Crippen LogP contribution in [-0.2, 0) is 0 Å². The highest BCUT2D eigenvalue weighted by molar-refractivity contribution is 5.98. The fourth-order valence-corrected chi connectivity index (χ4v) is 3.31. The number of pyridine rings is 1. The Labute approximate surface area is 126 Å². The number of nitrogens with zero attached hydrogens (tertiary/aromatic N) is 3. The van der Waals surface area contributed by atoms with E-state index in [0.717, 1.165) is 23.1 Å². The van der Waals surface area contributed by atoms with Gasteiger partial charge in [-0.25, -0.2) is 0 Å². The van der Waals surface area contributed by atoms with Crippen molar-refractivity contribution in [2.45, 2.75) is 25.8 Å². The maximum absolute atomic E-state index is 6.05. The van der Waals surface area contributed by atoms with Gasteiger partial charge in [0.25, 0.3) is 0 Å². The maximum Gasteiger partial charge on any atom is 0.0951 e. The molecule has 4 nitrogen and oxygen atoms in total. The highest BCUT2D eigenvalue weighted by atomic mass is 15.2. The van der Waals surface area contributed by atoms with Crippen LogP contribution in [0.25, 0.3) is 10.9 Å². The predicted octanol–water partition coefficient (Wildman–Crippen LogP) is 2.74. The molecule has 2 aromatic rings. The van der Waals surface area contributed by atoms with Crippen LogP contribution in [0, 0.1) is 0 Å². The van der Waals surface area contributed by atoms with Gasteiger partial charge in [-0.2, -0.15) is 0 Å². The summed E-state index contributed by atoms with van der Waals surface area (Å²) in [6.45, 7) is 5.78. The van der Waals surface area contributed by atoms with Gasteiger partial charge in [0.2, 0.25) is 0 Å². The molecule has 21 heavy (non-hydrogen) atoms. The van der Waals surface area contributed by atoms with Crippen LogP contribution in [-0.4, -0.2) is 42.6 Å². The number of hydrogen-bond donors (Lipinski definition) is 1. The Bertz CT molecular complexity index is 617. The first-order valence-electron chi connectivity index (χ1n) is 7.79. The largest absolute Gasteiger partial charge is 0.397 e. The smallest absolute Gasteiger partial charge is 0.0951 e. The van der Waals surface area contributed by atoms with Crippen molar-refractivity contribution in [3.63, 3.8) is 0 Å². The van der Waals surface area contributed by atoms with Crippen LogP contribution < -0.4 is 10.6 Å². The summed E-state index contributed by atoms with van der Waals surface area (Å²) >= 11 is 0. The molecule has 0 spiro atoms. The topological polar surface area (TPSA) is 45.4 Å². The predicted molar refractivity (Wildman–Crippen MR) is 89.7 cm³/mol. The van der Waals surface area contributed by atoms with Crippen molar-refractivity contribution in [1.29, 1.82) is 0 Å². The van der Waals surface area contributed by atoms with E-state index in [4.69, 9.17) is 5.73 Å². The van der Waals surface area contributed by atoms with E-state index in [1.165, 1.54) is 31.6 Å². The van der Waals surface area contributed by atoms with Crippen molar-refractivity contribution in [2.75, 3.05) is 37.3 Å². The molecule has 0 aliphatic carbocycles. The van der Waals surface area contributed by atoms with E-state index in [-0.39, 0.29) is 0 Å². The standard InChI is InChI=1S/C17H24N4/c1-3-21-11-8-13(9-12-21)20(2)16-7-6-15(18)17-14(16)5-4-10-19-17/h4-7,10,13H,3,8-9,11-12,18H2,1-2H3. The maximum atomic E-state index is 6.05. The molecule has 112 valence electrons. The van der Waals surface area contributed by atoms with Gasteiger partial charge in [-0.1, -0.05) is 6.92 Å². The third-order valence-corrected chi connectivity index (χ3v) is 4.71. The molecule has 0 amide bonds. The second-order valence-electron chi connectivity index (χ2n) is 5.85. The van der Waals surface area contributed by atoms with Gasteiger partial charge in [-0.3, -0.25) is 4.98 Å². The first kappa shape index (κ1) is 14.1. The summed E-state index contributed by atoms with van der Waals surface area (Å²) in [5, 5.41) is 1.15. The normalized spacial score (nSPS) is 17.2. The molecule has 1 aliphatic heterocycles. The number of piperidine rings is 1. The third kappa shape index (κ3) is 2.68. The molecule has 1 aliphatic rings. The van der Waals surface area contributed by atoms with Gasteiger partial charge >= 0.3 is 0 Å². The average molecular weight is 284 g/mol. The molecule has 0 unspecified atom stereocenters. The lowest BCUT2D eigenvalue weighted by molar-refractivity contribution is 0.221. The summed E-state index contributed by atoms with van der Waals surface area (Å²) < 4.78 is 0. The summed E-state index contributed by atoms with van der Waals surface area (Å²) in [6, 6.07) is 8.80. The molecule has 0 radical (unpaired) electrons. The number of likely N-dealkylation sites (tertiary alicyclic amines) is 1. The Morgan fingerprint density at radius 2 is 2.05 bits per heavy atom. The number of nitrogens with two attached hydrogens (primary N) is 1. The molecule has 2 N–H and O–H groups in total. The number of anilines is 2. The molecular weight excluding hydrogens is 260 g/mol. The van der Waals surface area contributed by atoms with Crippen molar-refractivity contribution >= 4 is 22.3 Å². The summed E-state index contributed by atoms with van der Waals surface area (Å²) in [4.78, 5) is 9.37. The van der Waals surface area contributed by atoms with E-state index in [0.29, 0.717) is 6.04 Å². The molecule has 1 aromatic heterocycles. The van der Waals surface area contributed by atoms with E-state index < -0.39 is 0 Å². The van der Waals surface area contributed by atoms with Crippen molar-refractivity contribution in [2.24, 2.45) is 0 Å². The van der Waals surface area contributed by atoms with E-state index in [2.05, 4.69) is 40.9 Å². The first-order valence-corrected chi connectivity index (χ1v) is 7.79. The van der Waals surface area contributed by atoms with Gasteiger partial charge in [0.05, 0.1) is 11.2 Å². The Hall–Kier alpha value is -1.81. The summed E-state index contributed by atoms with van der Waals surface area (Å²) in [6.07, 6.45) is 4.25. The van der Waals surface area contributed by atoms with Crippen LogP contribution >= 0.6 is 0 Å². The van der Waals surface area contributed by atoms with Crippen molar-refractivity contribution < 1.29 is 0 Å². The van der Waals surface area contributed by atoms with E-state index in [1.807, 2.05) is 18.3 Å². The fourth-order valence-electron chi connectivity index (χ4n) is 3.31.